The van der Waals surface area contributed by atoms with Crippen LogP contribution in [0.2, 0.25) is 0 Å². The fraction of sp³-hybridized carbons (Fsp3) is 0.625. The molecule has 6 nitrogen and oxygen atoms in total. The van der Waals surface area contributed by atoms with Crippen molar-refractivity contribution in [3.63, 3.8) is 0 Å². The number of aliphatic hydroxyl groups excluding tert-OH is 2. The molecule has 0 aliphatic carbocycles. The summed E-state index contributed by atoms with van der Waals surface area (Å²) in [6.45, 7) is 1.77. The molecular weight excluding hydrogens is 284 g/mol. The Labute approximate surface area is 132 Å². The Kier molecular flexibility index (Phi) is 8.19. The van der Waals surface area contributed by atoms with Gasteiger partial charge in [0.05, 0.1) is 28.2 Å². The molecule has 0 aliphatic rings. The van der Waals surface area contributed by atoms with Crippen LogP contribution in [-0.4, -0.2) is 76.9 Å². The van der Waals surface area contributed by atoms with Crippen LogP contribution in [0.4, 0.5) is 0 Å². The molecule has 2 atom stereocenters. The van der Waals surface area contributed by atoms with Gasteiger partial charge in [-0.05, 0) is 12.1 Å². The molecule has 0 saturated heterocycles. The summed E-state index contributed by atoms with van der Waals surface area (Å²) in [5.41, 5.74) is 0. The van der Waals surface area contributed by atoms with Gasteiger partial charge in [-0.25, -0.2) is 0 Å². The molecule has 0 amide bonds. The van der Waals surface area contributed by atoms with E-state index in [0.717, 1.165) is 0 Å². The lowest BCUT2D eigenvalue weighted by atomic mass is 10.3. The summed E-state index contributed by atoms with van der Waals surface area (Å²) in [6.07, 6.45) is -1.00. The molecule has 0 aliphatic heterocycles. The number of rotatable bonds is 10. The van der Waals surface area contributed by atoms with Crippen LogP contribution >= 0.6 is 0 Å². The van der Waals surface area contributed by atoms with Crippen LogP contribution in [0.1, 0.15) is 0 Å². The number of quaternary nitrogens is 2. The van der Waals surface area contributed by atoms with Gasteiger partial charge in [-0.2, -0.15) is 0 Å². The van der Waals surface area contributed by atoms with Gasteiger partial charge in [-0.3, -0.25) is 0 Å². The molecule has 126 valence electrons. The molecule has 0 heterocycles. The summed E-state index contributed by atoms with van der Waals surface area (Å²) in [6, 6.07) is 7.24. The van der Waals surface area contributed by atoms with Crippen LogP contribution in [0.3, 0.4) is 0 Å². The second-order valence-corrected chi connectivity index (χ2v) is 6.23. The van der Waals surface area contributed by atoms with Gasteiger partial charge in [0.15, 0.2) is 0 Å². The van der Waals surface area contributed by atoms with E-state index in [9.17, 15) is 10.2 Å². The Hall–Kier alpha value is -1.34. The number of benzene rings is 1. The van der Waals surface area contributed by atoms with Gasteiger partial charge in [-0.15, -0.1) is 0 Å². The third-order valence-electron chi connectivity index (χ3n) is 2.98. The van der Waals surface area contributed by atoms with Gasteiger partial charge >= 0.3 is 0 Å². The summed E-state index contributed by atoms with van der Waals surface area (Å²) in [5.74, 6) is 1.30. The van der Waals surface area contributed by atoms with E-state index in [2.05, 4.69) is 0 Å². The van der Waals surface area contributed by atoms with Crippen LogP contribution in [0.5, 0.6) is 11.5 Å². The first kappa shape index (κ1) is 18.7. The van der Waals surface area contributed by atoms with Crippen LogP contribution in [0.15, 0.2) is 24.3 Å². The second-order valence-electron chi connectivity index (χ2n) is 6.23. The lowest BCUT2D eigenvalue weighted by Crippen LogP contribution is -3.07. The van der Waals surface area contributed by atoms with E-state index in [4.69, 9.17) is 9.47 Å². The van der Waals surface area contributed by atoms with E-state index < -0.39 is 12.2 Å². The largest absolute Gasteiger partial charge is 0.491 e. The highest BCUT2D eigenvalue weighted by Gasteiger charge is 2.11. The van der Waals surface area contributed by atoms with Crippen LogP contribution < -0.4 is 19.3 Å². The lowest BCUT2D eigenvalue weighted by molar-refractivity contribution is -0.861. The maximum absolute atomic E-state index is 9.80. The van der Waals surface area contributed by atoms with Gasteiger partial charge in [0.2, 0.25) is 0 Å². The summed E-state index contributed by atoms with van der Waals surface area (Å²) in [5, 5.41) is 19.6. The average molecular weight is 314 g/mol. The highest BCUT2D eigenvalue weighted by atomic mass is 16.5. The zero-order valence-electron chi connectivity index (χ0n) is 14.0. The molecule has 0 spiro atoms. The molecule has 2 unspecified atom stereocenters. The SMILES string of the molecule is C[NH+](C)CC(O)COc1cccc(OCC(O)C[NH+](C)C)c1. The van der Waals surface area contributed by atoms with Crippen molar-refractivity contribution >= 4 is 0 Å². The Morgan fingerprint density at radius 1 is 0.864 bits per heavy atom. The topological polar surface area (TPSA) is 67.8 Å². The molecule has 1 rings (SSSR count). The van der Waals surface area contributed by atoms with Crippen molar-refractivity contribution in [3.05, 3.63) is 24.3 Å². The highest BCUT2D eigenvalue weighted by Crippen LogP contribution is 2.19. The zero-order valence-corrected chi connectivity index (χ0v) is 14.0. The van der Waals surface area contributed by atoms with E-state index in [1.165, 1.54) is 9.80 Å². The second kappa shape index (κ2) is 9.63. The zero-order chi connectivity index (χ0) is 16.5. The van der Waals surface area contributed by atoms with Gasteiger partial charge in [-0.1, -0.05) is 6.07 Å². The van der Waals surface area contributed by atoms with Gasteiger partial charge < -0.3 is 29.5 Å². The first-order valence-corrected chi connectivity index (χ1v) is 7.66. The van der Waals surface area contributed by atoms with Gasteiger partial charge in [0, 0.05) is 6.07 Å². The molecule has 0 aromatic heterocycles. The first-order valence-electron chi connectivity index (χ1n) is 7.66. The standard InChI is InChI=1S/C16H28N2O4/c1-17(2)9-13(19)11-21-15-6-5-7-16(8-15)22-12-14(20)10-18(3)4/h5-8,13-14,19-20H,9-12H2,1-4H3/p+2. The van der Waals surface area contributed by atoms with Crippen molar-refractivity contribution in [3.8, 4) is 11.5 Å². The van der Waals surface area contributed by atoms with Crippen molar-refractivity contribution in [1.29, 1.82) is 0 Å². The van der Waals surface area contributed by atoms with E-state index in [-0.39, 0.29) is 13.2 Å². The maximum atomic E-state index is 9.80. The fourth-order valence-electron chi connectivity index (χ4n) is 2.10. The molecule has 1 aromatic carbocycles. The smallest absolute Gasteiger partial charge is 0.137 e. The molecule has 0 saturated carbocycles. The fourth-order valence-corrected chi connectivity index (χ4v) is 2.10. The van der Waals surface area contributed by atoms with Gasteiger partial charge in [0.25, 0.3) is 0 Å². The Morgan fingerprint density at radius 3 is 1.64 bits per heavy atom. The molecule has 0 bridgehead atoms. The molecule has 22 heavy (non-hydrogen) atoms. The van der Waals surface area contributed by atoms with E-state index in [1.807, 2.05) is 46.4 Å². The summed E-state index contributed by atoms with van der Waals surface area (Å²) >= 11 is 0. The third-order valence-corrected chi connectivity index (χ3v) is 2.98. The summed E-state index contributed by atoms with van der Waals surface area (Å²) in [4.78, 5) is 2.34. The molecular formula is C16H30N2O4+2. The van der Waals surface area contributed by atoms with E-state index in [1.54, 1.807) is 6.07 Å². The molecule has 4 N–H and O–H groups in total. The van der Waals surface area contributed by atoms with Crippen LogP contribution in [0, 0.1) is 0 Å². The number of hydrogen-bond acceptors (Lipinski definition) is 4. The minimum atomic E-state index is -0.500. The van der Waals surface area contributed by atoms with Gasteiger partial charge in [0.1, 0.15) is 50.0 Å². The first-order chi connectivity index (χ1) is 10.4. The minimum Gasteiger partial charge on any atom is -0.491 e. The Bertz CT molecular complexity index is 391. The maximum Gasteiger partial charge on any atom is 0.137 e. The normalized spacial score (nSPS) is 14.2. The number of nitrogens with one attached hydrogen (secondary N) is 2. The van der Waals surface area contributed by atoms with Crippen molar-refractivity contribution in [2.75, 3.05) is 54.5 Å². The van der Waals surface area contributed by atoms with E-state index >= 15 is 0 Å². The number of aliphatic hydroxyl groups is 2. The van der Waals surface area contributed by atoms with Crippen molar-refractivity contribution in [2.45, 2.75) is 12.2 Å². The summed E-state index contributed by atoms with van der Waals surface area (Å²) in [7, 11) is 7.94. The Morgan fingerprint density at radius 2 is 1.27 bits per heavy atom. The third kappa shape index (κ3) is 8.19. The van der Waals surface area contributed by atoms with Crippen molar-refractivity contribution in [1.82, 2.24) is 0 Å². The number of ether oxygens (including phenoxy) is 2. The van der Waals surface area contributed by atoms with Crippen LogP contribution in [-0.2, 0) is 0 Å². The predicted octanol–water partition coefficient (Wildman–Crippen LogP) is -2.54. The molecule has 1 aromatic rings. The summed E-state index contributed by atoms with van der Waals surface area (Å²) < 4.78 is 11.1. The lowest BCUT2D eigenvalue weighted by Gasteiger charge is -2.16. The molecule has 0 fully saturated rings. The van der Waals surface area contributed by atoms with Crippen molar-refractivity contribution < 1.29 is 29.5 Å². The monoisotopic (exact) mass is 314 g/mol. The minimum absolute atomic E-state index is 0.251. The predicted molar refractivity (Wildman–Crippen MR) is 84.8 cm³/mol. The van der Waals surface area contributed by atoms with Crippen molar-refractivity contribution in [2.24, 2.45) is 0 Å². The molecule has 0 radical (unpaired) electrons. The number of hydrogen-bond donors (Lipinski definition) is 4. The average Bonchev–Trinajstić information content (AvgIpc) is 2.42. The molecule has 6 heteroatoms. The number of likely N-dealkylation sites (N-methyl/N-ethyl adjacent to an activating group) is 2. The van der Waals surface area contributed by atoms with E-state index in [0.29, 0.717) is 24.6 Å². The quantitative estimate of drug-likeness (QED) is 0.384. The van der Waals surface area contributed by atoms with Crippen LogP contribution in [0.25, 0.3) is 0 Å². The Balaban J connectivity index is 2.41. The highest BCUT2D eigenvalue weighted by molar-refractivity contribution is 5.32.